The van der Waals surface area contributed by atoms with Gasteiger partial charge in [-0.05, 0) is 30.8 Å². The normalized spacial score (nSPS) is 19.9. The maximum absolute atomic E-state index is 11.4. The summed E-state index contributed by atoms with van der Waals surface area (Å²) in [6, 6.07) is 0. The largest absolute Gasteiger partial charge is 0.388 e. The number of nitrogens with one attached hydrogen (secondary N) is 1. The van der Waals surface area contributed by atoms with Gasteiger partial charge in [-0.1, -0.05) is 13.3 Å². The lowest BCUT2D eigenvalue weighted by Gasteiger charge is -2.31. The third-order valence-corrected chi connectivity index (χ3v) is 3.78. The van der Waals surface area contributed by atoms with Crippen molar-refractivity contribution in [1.82, 2.24) is 5.32 Å². The number of rotatable bonds is 5. The van der Waals surface area contributed by atoms with E-state index >= 15 is 0 Å². The minimum atomic E-state index is -0.646. The molecule has 0 aromatic rings. The van der Waals surface area contributed by atoms with Crippen molar-refractivity contribution in [2.24, 2.45) is 0 Å². The van der Waals surface area contributed by atoms with Crippen LogP contribution in [0.3, 0.4) is 0 Å². The predicted octanol–water partition coefficient (Wildman–Crippen LogP) is 1.55. The van der Waals surface area contributed by atoms with E-state index in [0.717, 1.165) is 37.2 Å². The van der Waals surface area contributed by atoms with Crippen LogP contribution in [0.2, 0.25) is 0 Å². The molecule has 0 radical (unpaired) electrons. The Morgan fingerprint density at radius 2 is 2.13 bits per heavy atom. The van der Waals surface area contributed by atoms with Gasteiger partial charge in [0.05, 0.1) is 5.60 Å². The second kappa shape index (κ2) is 6.38. The molecule has 88 valence electrons. The van der Waals surface area contributed by atoms with Crippen molar-refractivity contribution in [3.05, 3.63) is 0 Å². The lowest BCUT2D eigenvalue weighted by atomic mass is 9.97. The molecular weight excluding hydrogens is 210 g/mol. The van der Waals surface area contributed by atoms with Crippen LogP contribution in [-0.2, 0) is 4.79 Å². The van der Waals surface area contributed by atoms with Crippen LogP contribution in [0, 0.1) is 0 Å². The lowest BCUT2D eigenvalue weighted by Crippen LogP contribution is -2.45. The van der Waals surface area contributed by atoms with Gasteiger partial charge in [0.1, 0.15) is 0 Å². The topological polar surface area (TPSA) is 49.3 Å². The SMILES string of the molecule is CCCCC(=O)NCC1(O)CCSCC1. The van der Waals surface area contributed by atoms with Crippen molar-refractivity contribution in [1.29, 1.82) is 0 Å². The molecule has 0 unspecified atom stereocenters. The first-order valence-electron chi connectivity index (χ1n) is 5.73. The van der Waals surface area contributed by atoms with Crippen LogP contribution in [-0.4, -0.2) is 34.7 Å². The number of aliphatic hydroxyl groups is 1. The molecule has 15 heavy (non-hydrogen) atoms. The van der Waals surface area contributed by atoms with Gasteiger partial charge >= 0.3 is 0 Å². The molecule has 1 saturated heterocycles. The van der Waals surface area contributed by atoms with Gasteiger partial charge in [0.25, 0.3) is 0 Å². The van der Waals surface area contributed by atoms with Crippen LogP contribution in [0.4, 0.5) is 0 Å². The Balaban J connectivity index is 2.19. The highest BCUT2D eigenvalue weighted by atomic mass is 32.2. The summed E-state index contributed by atoms with van der Waals surface area (Å²) in [5.74, 6) is 2.08. The van der Waals surface area contributed by atoms with E-state index in [1.165, 1.54) is 0 Å². The molecule has 1 heterocycles. The third-order valence-electron chi connectivity index (χ3n) is 2.80. The number of hydrogen-bond donors (Lipinski definition) is 2. The second-order valence-corrected chi connectivity index (χ2v) is 5.44. The summed E-state index contributed by atoms with van der Waals surface area (Å²) in [7, 11) is 0. The summed E-state index contributed by atoms with van der Waals surface area (Å²) in [4.78, 5) is 11.4. The molecule has 3 nitrogen and oxygen atoms in total. The van der Waals surface area contributed by atoms with Gasteiger partial charge in [0.15, 0.2) is 0 Å². The molecule has 0 bridgehead atoms. The molecule has 2 N–H and O–H groups in total. The molecule has 1 aliphatic heterocycles. The molecule has 0 aromatic heterocycles. The van der Waals surface area contributed by atoms with Crippen molar-refractivity contribution < 1.29 is 9.90 Å². The molecule has 0 aliphatic carbocycles. The van der Waals surface area contributed by atoms with Crippen molar-refractivity contribution in [3.8, 4) is 0 Å². The van der Waals surface area contributed by atoms with Crippen molar-refractivity contribution >= 4 is 17.7 Å². The van der Waals surface area contributed by atoms with Crippen LogP contribution >= 0.6 is 11.8 Å². The standard InChI is InChI=1S/C11H21NO2S/c1-2-3-4-10(13)12-9-11(14)5-7-15-8-6-11/h14H,2-9H2,1H3,(H,12,13). The summed E-state index contributed by atoms with van der Waals surface area (Å²) in [6.07, 6.45) is 4.15. The molecule has 1 rings (SSSR count). The van der Waals surface area contributed by atoms with Crippen molar-refractivity contribution in [2.45, 2.75) is 44.6 Å². The first-order chi connectivity index (χ1) is 7.16. The maximum atomic E-state index is 11.4. The summed E-state index contributed by atoms with van der Waals surface area (Å²) in [5, 5.41) is 12.9. The summed E-state index contributed by atoms with van der Waals surface area (Å²) in [6.45, 7) is 2.50. The first kappa shape index (κ1) is 12.8. The number of carbonyl (C=O) groups is 1. The lowest BCUT2D eigenvalue weighted by molar-refractivity contribution is -0.122. The molecule has 1 amide bonds. The number of carbonyl (C=O) groups excluding carboxylic acids is 1. The van der Waals surface area contributed by atoms with Gasteiger partial charge in [0, 0.05) is 13.0 Å². The minimum absolute atomic E-state index is 0.0727. The Labute approximate surface area is 96.0 Å². The zero-order valence-electron chi connectivity index (χ0n) is 9.42. The summed E-state index contributed by atoms with van der Waals surface area (Å²) >= 11 is 1.87. The number of hydrogen-bond acceptors (Lipinski definition) is 3. The van der Waals surface area contributed by atoms with E-state index in [0.29, 0.717) is 13.0 Å². The van der Waals surface area contributed by atoms with Crippen LogP contribution in [0.1, 0.15) is 39.0 Å². The monoisotopic (exact) mass is 231 g/mol. The highest BCUT2D eigenvalue weighted by Crippen LogP contribution is 2.26. The Bertz CT molecular complexity index is 203. The fraction of sp³-hybridized carbons (Fsp3) is 0.909. The zero-order chi connectivity index (χ0) is 11.1. The first-order valence-corrected chi connectivity index (χ1v) is 6.88. The molecular formula is C11H21NO2S. The molecule has 0 saturated carbocycles. The van der Waals surface area contributed by atoms with E-state index in [-0.39, 0.29) is 5.91 Å². The van der Waals surface area contributed by atoms with E-state index in [2.05, 4.69) is 12.2 Å². The highest BCUT2D eigenvalue weighted by Gasteiger charge is 2.29. The predicted molar refractivity (Wildman–Crippen MR) is 64.0 cm³/mol. The molecule has 0 spiro atoms. The average Bonchev–Trinajstić information content (AvgIpc) is 2.25. The molecule has 1 aliphatic rings. The average molecular weight is 231 g/mol. The fourth-order valence-corrected chi connectivity index (χ4v) is 2.87. The molecule has 0 aromatic carbocycles. The Hall–Kier alpha value is -0.220. The Morgan fingerprint density at radius 1 is 1.47 bits per heavy atom. The number of amides is 1. The molecule has 4 heteroatoms. The fourth-order valence-electron chi connectivity index (χ4n) is 1.62. The van der Waals surface area contributed by atoms with E-state index < -0.39 is 5.60 Å². The van der Waals surface area contributed by atoms with Crippen LogP contribution in [0.25, 0.3) is 0 Å². The van der Waals surface area contributed by atoms with E-state index in [1.807, 2.05) is 11.8 Å². The summed E-state index contributed by atoms with van der Waals surface area (Å²) in [5.41, 5.74) is -0.646. The van der Waals surface area contributed by atoms with Gasteiger partial charge in [-0.2, -0.15) is 11.8 Å². The van der Waals surface area contributed by atoms with Crippen LogP contribution in [0.15, 0.2) is 0 Å². The highest BCUT2D eigenvalue weighted by molar-refractivity contribution is 7.99. The van der Waals surface area contributed by atoms with Crippen molar-refractivity contribution in [2.75, 3.05) is 18.1 Å². The van der Waals surface area contributed by atoms with E-state index in [1.54, 1.807) is 0 Å². The third kappa shape index (κ3) is 4.89. The quantitative estimate of drug-likeness (QED) is 0.755. The van der Waals surface area contributed by atoms with Gasteiger partial charge in [-0.25, -0.2) is 0 Å². The minimum Gasteiger partial charge on any atom is -0.388 e. The van der Waals surface area contributed by atoms with E-state index in [4.69, 9.17) is 0 Å². The Kier molecular flexibility index (Phi) is 5.47. The van der Waals surface area contributed by atoms with Gasteiger partial charge in [0.2, 0.25) is 5.91 Å². The van der Waals surface area contributed by atoms with Gasteiger partial charge in [-0.3, -0.25) is 4.79 Å². The maximum Gasteiger partial charge on any atom is 0.220 e. The zero-order valence-corrected chi connectivity index (χ0v) is 10.2. The molecule has 0 atom stereocenters. The Morgan fingerprint density at radius 3 is 2.73 bits per heavy atom. The van der Waals surface area contributed by atoms with Crippen LogP contribution < -0.4 is 5.32 Å². The second-order valence-electron chi connectivity index (χ2n) is 4.22. The smallest absolute Gasteiger partial charge is 0.220 e. The van der Waals surface area contributed by atoms with Crippen LogP contribution in [0.5, 0.6) is 0 Å². The van der Waals surface area contributed by atoms with Crippen molar-refractivity contribution in [3.63, 3.8) is 0 Å². The number of unbranched alkanes of at least 4 members (excludes halogenated alkanes) is 1. The van der Waals surface area contributed by atoms with E-state index in [9.17, 15) is 9.90 Å². The summed E-state index contributed by atoms with van der Waals surface area (Å²) < 4.78 is 0. The van der Waals surface area contributed by atoms with Gasteiger partial charge in [-0.15, -0.1) is 0 Å². The molecule has 1 fully saturated rings. The van der Waals surface area contributed by atoms with Gasteiger partial charge < -0.3 is 10.4 Å². The number of thioether (sulfide) groups is 1.